The highest BCUT2D eigenvalue weighted by Crippen LogP contribution is 2.26. The average molecular weight is 270 g/mol. The van der Waals surface area contributed by atoms with E-state index in [1.54, 1.807) is 0 Å². The molecule has 0 saturated heterocycles. The van der Waals surface area contributed by atoms with Crippen LogP contribution in [0.1, 0.15) is 33.1 Å². The lowest BCUT2D eigenvalue weighted by Crippen LogP contribution is -2.27. The van der Waals surface area contributed by atoms with Gasteiger partial charge in [-0.05, 0) is 25.5 Å². The van der Waals surface area contributed by atoms with Crippen LogP contribution < -0.4 is 5.01 Å². The van der Waals surface area contributed by atoms with E-state index < -0.39 is 0 Å². The van der Waals surface area contributed by atoms with E-state index in [4.69, 9.17) is 0 Å². The van der Waals surface area contributed by atoms with Crippen LogP contribution in [0.4, 0.5) is 5.95 Å². The molecule has 1 aliphatic heterocycles. The number of aromatic amines is 1. The van der Waals surface area contributed by atoms with E-state index in [0.29, 0.717) is 5.95 Å². The molecule has 1 unspecified atom stereocenters. The number of carbonyl (C=O) groups excluding carboxylic acids is 1. The van der Waals surface area contributed by atoms with Crippen molar-refractivity contribution in [1.82, 2.24) is 9.97 Å². The van der Waals surface area contributed by atoms with Crippen LogP contribution in [0.2, 0.25) is 0 Å². The Kier molecular flexibility index (Phi) is 3.26. The molecule has 0 radical (unpaired) electrons. The summed E-state index contributed by atoms with van der Waals surface area (Å²) in [5.74, 6) is 0.438. The fourth-order valence-electron chi connectivity index (χ4n) is 2.54. The summed E-state index contributed by atoms with van der Waals surface area (Å²) in [5.41, 5.74) is 2.64. The summed E-state index contributed by atoms with van der Waals surface area (Å²) in [7, 11) is 0. The van der Waals surface area contributed by atoms with E-state index >= 15 is 0 Å². The number of fused-ring (bicyclic) bond motifs is 1. The predicted octanol–water partition coefficient (Wildman–Crippen LogP) is 3.09. The molecule has 2 heterocycles. The molecule has 0 saturated carbocycles. The number of H-pyrrole nitrogens is 1. The van der Waals surface area contributed by atoms with Gasteiger partial charge in [-0.1, -0.05) is 31.9 Å². The SMILES string of the molecule is CCCCC1C(=O)N(c2nc3ccccc3[nH]2)N=C1C. The molecule has 1 aromatic heterocycles. The molecule has 5 nitrogen and oxygen atoms in total. The van der Waals surface area contributed by atoms with Gasteiger partial charge in [-0.25, -0.2) is 4.98 Å². The third-order valence-corrected chi connectivity index (χ3v) is 3.69. The zero-order chi connectivity index (χ0) is 14.1. The van der Waals surface area contributed by atoms with Gasteiger partial charge in [0.1, 0.15) is 0 Å². The van der Waals surface area contributed by atoms with Gasteiger partial charge in [0.2, 0.25) is 5.95 Å². The molecule has 1 aromatic carbocycles. The monoisotopic (exact) mass is 270 g/mol. The smallest absolute Gasteiger partial charge is 0.258 e. The Morgan fingerprint density at radius 3 is 2.90 bits per heavy atom. The van der Waals surface area contributed by atoms with Crippen LogP contribution in [-0.4, -0.2) is 21.6 Å². The summed E-state index contributed by atoms with van der Waals surface area (Å²) in [4.78, 5) is 20.0. The summed E-state index contributed by atoms with van der Waals surface area (Å²) in [6.07, 6.45) is 2.99. The number of hydrogen-bond acceptors (Lipinski definition) is 3. The van der Waals surface area contributed by atoms with Crippen molar-refractivity contribution in [3.8, 4) is 0 Å². The topological polar surface area (TPSA) is 61.4 Å². The van der Waals surface area contributed by atoms with Gasteiger partial charge in [0.15, 0.2) is 0 Å². The largest absolute Gasteiger partial charge is 0.322 e. The van der Waals surface area contributed by atoms with E-state index in [0.717, 1.165) is 36.0 Å². The highest BCUT2D eigenvalue weighted by molar-refractivity contribution is 6.14. The second kappa shape index (κ2) is 5.07. The first-order chi connectivity index (χ1) is 9.70. The van der Waals surface area contributed by atoms with Gasteiger partial charge < -0.3 is 4.98 Å². The second-order valence-electron chi connectivity index (χ2n) is 5.16. The zero-order valence-electron chi connectivity index (χ0n) is 11.8. The van der Waals surface area contributed by atoms with Gasteiger partial charge in [0.05, 0.1) is 17.0 Å². The second-order valence-corrected chi connectivity index (χ2v) is 5.16. The zero-order valence-corrected chi connectivity index (χ0v) is 11.8. The fourth-order valence-corrected chi connectivity index (χ4v) is 2.54. The standard InChI is InChI=1S/C15H18N4O/c1-3-4-7-11-10(2)18-19(14(11)20)15-16-12-8-5-6-9-13(12)17-15/h5-6,8-9,11H,3-4,7H2,1-2H3,(H,16,17). The van der Waals surface area contributed by atoms with Crippen molar-refractivity contribution in [2.45, 2.75) is 33.1 Å². The Morgan fingerprint density at radius 2 is 2.15 bits per heavy atom. The van der Waals surface area contributed by atoms with Gasteiger partial charge in [0.25, 0.3) is 5.91 Å². The maximum atomic E-state index is 12.5. The third kappa shape index (κ3) is 2.09. The minimum atomic E-state index is -0.0943. The molecule has 5 heteroatoms. The van der Waals surface area contributed by atoms with Crippen molar-refractivity contribution in [1.29, 1.82) is 0 Å². The van der Waals surface area contributed by atoms with Crippen LogP contribution in [0.15, 0.2) is 29.4 Å². The number of imidazole rings is 1. The first-order valence-corrected chi connectivity index (χ1v) is 7.04. The highest BCUT2D eigenvalue weighted by Gasteiger charge is 2.35. The Labute approximate surface area is 117 Å². The number of benzene rings is 1. The molecule has 1 aliphatic rings. The Balaban J connectivity index is 1.89. The molecule has 0 spiro atoms. The number of anilines is 1. The molecule has 1 amide bonds. The minimum Gasteiger partial charge on any atom is -0.322 e. The van der Waals surface area contributed by atoms with Crippen molar-refractivity contribution in [3.05, 3.63) is 24.3 Å². The van der Waals surface area contributed by atoms with Crippen molar-refractivity contribution in [2.75, 3.05) is 5.01 Å². The van der Waals surface area contributed by atoms with Crippen molar-refractivity contribution < 1.29 is 4.79 Å². The van der Waals surface area contributed by atoms with Crippen LogP contribution in [-0.2, 0) is 4.79 Å². The van der Waals surface area contributed by atoms with E-state index in [1.807, 2.05) is 31.2 Å². The number of amides is 1. The lowest BCUT2D eigenvalue weighted by Gasteiger charge is -2.10. The number of unbranched alkanes of at least 4 members (excludes halogenated alkanes) is 1. The van der Waals surface area contributed by atoms with E-state index in [9.17, 15) is 4.79 Å². The van der Waals surface area contributed by atoms with E-state index in [1.165, 1.54) is 5.01 Å². The normalized spacial score (nSPS) is 18.9. The van der Waals surface area contributed by atoms with Crippen LogP contribution in [0.5, 0.6) is 0 Å². The van der Waals surface area contributed by atoms with E-state index in [-0.39, 0.29) is 11.8 Å². The highest BCUT2D eigenvalue weighted by atomic mass is 16.2. The molecule has 0 aliphatic carbocycles. The average Bonchev–Trinajstić information content (AvgIpc) is 2.98. The summed E-state index contributed by atoms with van der Waals surface area (Å²) in [5, 5.41) is 5.79. The predicted molar refractivity (Wildman–Crippen MR) is 79.7 cm³/mol. The Morgan fingerprint density at radius 1 is 1.35 bits per heavy atom. The number of rotatable bonds is 4. The first kappa shape index (κ1) is 12.8. The Bertz CT molecular complexity index is 640. The quantitative estimate of drug-likeness (QED) is 0.928. The number of hydrogen-bond donors (Lipinski definition) is 1. The van der Waals surface area contributed by atoms with Gasteiger partial charge in [0, 0.05) is 5.71 Å². The molecule has 1 atom stereocenters. The summed E-state index contributed by atoms with van der Waals surface area (Å²) < 4.78 is 0. The summed E-state index contributed by atoms with van der Waals surface area (Å²) in [6.45, 7) is 4.05. The number of hydrazone groups is 1. The number of nitrogens with zero attached hydrogens (tertiary/aromatic N) is 3. The maximum absolute atomic E-state index is 12.5. The van der Waals surface area contributed by atoms with Crippen molar-refractivity contribution in [3.63, 3.8) is 0 Å². The molecule has 3 rings (SSSR count). The summed E-state index contributed by atoms with van der Waals surface area (Å²) in [6, 6.07) is 7.73. The minimum absolute atomic E-state index is 0.0232. The number of para-hydroxylation sites is 2. The molecular weight excluding hydrogens is 252 g/mol. The lowest BCUT2D eigenvalue weighted by atomic mass is 9.98. The molecule has 0 fully saturated rings. The van der Waals surface area contributed by atoms with Crippen molar-refractivity contribution in [2.24, 2.45) is 11.0 Å². The van der Waals surface area contributed by atoms with Crippen LogP contribution in [0.3, 0.4) is 0 Å². The van der Waals surface area contributed by atoms with E-state index in [2.05, 4.69) is 22.0 Å². The fraction of sp³-hybridized carbons (Fsp3) is 0.400. The molecular formula is C15H18N4O. The molecule has 1 N–H and O–H groups in total. The van der Waals surface area contributed by atoms with Crippen LogP contribution >= 0.6 is 0 Å². The van der Waals surface area contributed by atoms with Gasteiger partial charge in [-0.15, -0.1) is 0 Å². The van der Waals surface area contributed by atoms with Gasteiger partial charge >= 0.3 is 0 Å². The van der Waals surface area contributed by atoms with Gasteiger partial charge in [-0.2, -0.15) is 10.1 Å². The maximum Gasteiger partial charge on any atom is 0.258 e. The van der Waals surface area contributed by atoms with Gasteiger partial charge in [-0.3, -0.25) is 4.79 Å². The van der Waals surface area contributed by atoms with Crippen LogP contribution in [0.25, 0.3) is 11.0 Å². The number of carbonyl (C=O) groups is 1. The molecule has 20 heavy (non-hydrogen) atoms. The molecule has 0 bridgehead atoms. The lowest BCUT2D eigenvalue weighted by molar-refractivity contribution is -0.120. The number of aromatic nitrogens is 2. The Hall–Kier alpha value is -2.17. The summed E-state index contributed by atoms with van der Waals surface area (Å²) >= 11 is 0. The van der Waals surface area contributed by atoms with Crippen LogP contribution in [0, 0.1) is 5.92 Å². The molecule has 2 aromatic rings. The van der Waals surface area contributed by atoms with Crippen molar-refractivity contribution >= 4 is 28.6 Å². The third-order valence-electron chi connectivity index (χ3n) is 3.69. The number of nitrogens with one attached hydrogen (secondary N) is 1. The molecule has 104 valence electrons. The first-order valence-electron chi connectivity index (χ1n) is 7.04.